The fraction of sp³-hybridized carbons (Fsp3) is 0.857. The van der Waals surface area contributed by atoms with Crippen molar-refractivity contribution in [2.75, 3.05) is 19.6 Å². The summed E-state index contributed by atoms with van der Waals surface area (Å²) in [5, 5.41) is 6.62. The summed E-state index contributed by atoms with van der Waals surface area (Å²) in [5.41, 5.74) is 0. The molecule has 4 heteroatoms. The molecule has 1 aliphatic heterocycles. The molecule has 2 N–H and O–H groups in total. The summed E-state index contributed by atoms with van der Waals surface area (Å²) in [5.74, 6) is 3.46. The molecule has 1 saturated heterocycles. The van der Waals surface area contributed by atoms with Crippen molar-refractivity contribution in [3.63, 3.8) is 0 Å². The Kier molecular flexibility index (Phi) is 6.92. The first-order chi connectivity index (χ1) is 12.2. The number of rotatable bonds is 5. The number of piperidine rings is 1. The van der Waals surface area contributed by atoms with Crippen molar-refractivity contribution in [2.24, 2.45) is 29.6 Å². The minimum Gasteiger partial charge on any atom is -0.352 e. The number of carbonyl (C=O) groups excluding carboxylic acids is 1. The summed E-state index contributed by atoms with van der Waals surface area (Å²) < 4.78 is 13.5. The van der Waals surface area contributed by atoms with Gasteiger partial charge in [0.2, 0.25) is 5.91 Å². The molecule has 3 nitrogen and oxygen atoms in total. The number of nitrogens with one attached hydrogen (secondary N) is 2. The van der Waals surface area contributed by atoms with Crippen LogP contribution in [0.2, 0.25) is 0 Å². The molecule has 3 fully saturated rings. The van der Waals surface area contributed by atoms with E-state index in [1.54, 1.807) is 0 Å². The summed E-state index contributed by atoms with van der Waals surface area (Å²) in [7, 11) is 0. The molecule has 3 aliphatic rings. The van der Waals surface area contributed by atoms with E-state index in [0.29, 0.717) is 11.8 Å². The van der Waals surface area contributed by atoms with Gasteiger partial charge in [-0.2, -0.15) is 0 Å². The average molecular weight is 351 g/mol. The van der Waals surface area contributed by atoms with Crippen LogP contribution < -0.4 is 10.6 Å². The molecule has 4 unspecified atom stereocenters. The van der Waals surface area contributed by atoms with Crippen LogP contribution in [0.4, 0.5) is 4.39 Å². The Balaban J connectivity index is 1.61. The van der Waals surface area contributed by atoms with Gasteiger partial charge in [-0.3, -0.25) is 4.79 Å². The maximum absolute atomic E-state index is 13.5. The van der Waals surface area contributed by atoms with Crippen LogP contribution in [0.3, 0.4) is 0 Å². The highest BCUT2D eigenvalue weighted by Gasteiger charge is 2.39. The second kappa shape index (κ2) is 9.16. The van der Waals surface area contributed by atoms with Crippen molar-refractivity contribution in [1.29, 1.82) is 0 Å². The van der Waals surface area contributed by atoms with E-state index in [1.165, 1.54) is 38.2 Å². The molecular formula is C21H35FN2O. The van der Waals surface area contributed by atoms with Crippen molar-refractivity contribution in [3.8, 4) is 0 Å². The van der Waals surface area contributed by atoms with Crippen molar-refractivity contribution < 1.29 is 9.18 Å². The fourth-order valence-corrected chi connectivity index (χ4v) is 5.66. The average Bonchev–Trinajstić information content (AvgIpc) is 2.67. The predicted octanol–water partition coefficient (Wildman–Crippen LogP) is 3.85. The Bertz CT molecular complexity index is 441. The quantitative estimate of drug-likeness (QED) is 0.740. The third-order valence-corrected chi connectivity index (χ3v) is 7.12. The SMILES string of the molecule is C=CC(=O)NCC1CCC(C2CCC(F)CC2)CC1C1CCCNC1. The molecule has 0 bridgehead atoms. The predicted molar refractivity (Wildman–Crippen MR) is 100.0 cm³/mol. The van der Waals surface area contributed by atoms with Gasteiger partial charge in [0.25, 0.3) is 0 Å². The normalized spacial score (nSPS) is 39.6. The van der Waals surface area contributed by atoms with Crippen molar-refractivity contribution >= 4 is 5.91 Å². The second-order valence-electron chi connectivity index (χ2n) is 8.56. The summed E-state index contributed by atoms with van der Waals surface area (Å²) >= 11 is 0. The van der Waals surface area contributed by atoms with Crippen LogP contribution in [0.15, 0.2) is 12.7 Å². The molecule has 0 aromatic heterocycles. The maximum atomic E-state index is 13.5. The lowest BCUT2D eigenvalue weighted by molar-refractivity contribution is -0.116. The molecule has 142 valence electrons. The second-order valence-corrected chi connectivity index (χ2v) is 8.56. The molecule has 1 heterocycles. The van der Waals surface area contributed by atoms with Crippen molar-refractivity contribution in [1.82, 2.24) is 10.6 Å². The molecule has 0 radical (unpaired) electrons. The zero-order valence-corrected chi connectivity index (χ0v) is 15.5. The molecule has 2 saturated carbocycles. The molecule has 1 amide bonds. The third-order valence-electron chi connectivity index (χ3n) is 7.12. The van der Waals surface area contributed by atoms with E-state index < -0.39 is 6.17 Å². The highest BCUT2D eigenvalue weighted by molar-refractivity contribution is 5.86. The molecule has 3 rings (SSSR count). The lowest BCUT2D eigenvalue weighted by atomic mass is 9.62. The maximum Gasteiger partial charge on any atom is 0.243 e. The van der Waals surface area contributed by atoms with E-state index in [9.17, 15) is 9.18 Å². The van der Waals surface area contributed by atoms with Crippen LogP contribution in [0.1, 0.15) is 57.8 Å². The van der Waals surface area contributed by atoms with E-state index in [1.807, 2.05) is 0 Å². The van der Waals surface area contributed by atoms with Gasteiger partial charge in [-0.15, -0.1) is 0 Å². The van der Waals surface area contributed by atoms with Crippen LogP contribution in [0, 0.1) is 29.6 Å². The van der Waals surface area contributed by atoms with Crippen LogP contribution in [-0.4, -0.2) is 31.7 Å². The largest absolute Gasteiger partial charge is 0.352 e. The first kappa shape index (κ1) is 18.9. The smallest absolute Gasteiger partial charge is 0.243 e. The van der Waals surface area contributed by atoms with Gasteiger partial charge >= 0.3 is 0 Å². The van der Waals surface area contributed by atoms with Gasteiger partial charge in [0, 0.05) is 6.54 Å². The highest BCUT2D eigenvalue weighted by Crippen LogP contribution is 2.46. The van der Waals surface area contributed by atoms with Crippen molar-refractivity contribution in [3.05, 3.63) is 12.7 Å². The highest BCUT2D eigenvalue weighted by atomic mass is 19.1. The summed E-state index contributed by atoms with van der Waals surface area (Å²) in [6.45, 7) is 6.62. The first-order valence-corrected chi connectivity index (χ1v) is 10.4. The number of amides is 1. The fourth-order valence-electron chi connectivity index (χ4n) is 5.66. The van der Waals surface area contributed by atoms with Gasteiger partial charge in [-0.05, 0) is 107 Å². The molecule has 25 heavy (non-hydrogen) atoms. The van der Waals surface area contributed by atoms with E-state index in [-0.39, 0.29) is 5.91 Å². The molecule has 0 aromatic rings. The Hall–Kier alpha value is -0.900. The Labute approximate surface area is 152 Å². The lowest BCUT2D eigenvalue weighted by Crippen LogP contribution is -2.44. The van der Waals surface area contributed by atoms with E-state index >= 15 is 0 Å². The van der Waals surface area contributed by atoms with E-state index in [2.05, 4.69) is 17.2 Å². The lowest BCUT2D eigenvalue weighted by Gasteiger charge is -2.45. The number of halogens is 1. The summed E-state index contributed by atoms with van der Waals surface area (Å²) in [6.07, 6.45) is 10.9. The molecule has 4 atom stereocenters. The Morgan fingerprint density at radius 2 is 1.84 bits per heavy atom. The first-order valence-electron chi connectivity index (χ1n) is 10.4. The van der Waals surface area contributed by atoms with Crippen LogP contribution >= 0.6 is 0 Å². The van der Waals surface area contributed by atoms with Crippen LogP contribution in [0.5, 0.6) is 0 Å². The van der Waals surface area contributed by atoms with E-state index in [4.69, 9.17) is 0 Å². The van der Waals surface area contributed by atoms with Gasteiger partial charge in [0.15, 0.2) is 0 Å². The molecule has 0 spiro atoms. The van der Waals surface area contributed by atoms with Gasteiger partial charge in [0.05, 0.1) is 0 Å². The third kappa shape index (κ3) is 5.06. The van der Waals surface area contributed by atoms with Gasteiger partial charge in [-0.1, -0.05) is 6.58 Å². The minimum atomic E-state index is -0.556. The minimum absolute atomic E-state index is 0.0519. The van der Waals surface area contributed by atoms with Gasteiger partial charge in [0.1, 0.15) is 6.17 Å². The number of hydrogen-bond acceptors (Lipinski definition) is 2. The summed E-state index contributed by atoms with van der Waals surface area (Å²) in [6, 6.07) is 0. The standard InChI is InChI=1S/C21H35FN2O/c1-2-21(25)24-14-18-6-5-16(15-7-9-19(22)10-8-15)12-20(18)17-4-3-11-23-13-17/h2,15-20,23H,1,3-14H2,(H,24,25). The zero-order chi connectivity index (χ0) is 17.6. The van der Waals surface area contributed by atoms with E-state index in [0.717, 1.165) is 63.1 Å². The zero-order valence-electron chi connectivity index (χ0n) is 15.5. The van der Waals surface area contributed by atoms with Gasteiger partial charge in [-0.25, -0.2) is 4.39 Å². The number of carbonyl (C=O) groups is 1. The Morgan fingerprint density at radius 3 is 2.52 bits per heavy atom. The Morgan fingerprint density at radius 1 is 1.08 bits per heavy atom. The molecule has 2 aliphatic carbocycles. The topological polar surface area (TPSA) is 41.1 Å². The van der Waals surface area contributed by atoms with Crippen LogP contribution in [-0.2, 0) is 4.79 Å². The van der Waals surface area contributed by atoms with Crippen molar-refractivity contribution in [2.45, 2.75) is 64.0 Å². The number of hydrogen-bond donors (Lipinski definition) is 2. The number of alkyl halides is 1. The summed E-state index contributed by atoms with van der Waals surface area (Å²) in [4.78, 5) is 11.6. The monoisotopic (exact) mass is 350 g/mol. The van der Waals surface area contributed by atoms with Crippen LogP contribution in [0.25, 0.3) is 0 Å². The molecule has 0 aromatic carbocycles. The molecular weight excluding hydrogens is 315 g/mol. The van der Waals surface area contributed by atoms with Gasteiger partial charge < -0.3 is 10.6 Å².